The number of nitrogens with one attached hydrogen (secondary N) is 1. The first-order valence-electron chi connectivity index (χ1n) is 8.62. The Hall–Kier alpha value is -1.10. The number of rotatable bonds is 7. The molecule has 1 aromatic carbocycles. The zero-order valence-corrected chi connectivity index (χ0v) is 14.4. The van der Waals surface area contributed by atoms with Crippen molar-refractivity contribution in [2.24, 2.45) is 11.7 Å². The molecular formula is C18H32N4. The average Bonchev–Trinajstić information content (AvgIpc) is 2.55. The molecule has 1 atom stereocenters. The van der Waals surface area contributed by atoms with Crippen molar-refractivity contribution in [1.29, 1.82) is 0 Å². The fourth-order valence-corrected chi connectivity index (χ4v) is 2.77. The first-order valence-corrected chi connectivity index (χ1v) is 8.62. The van der Waals surface area contributed by atoms with E-state index in [4.69, 9.17) is 5.73 Å². The van der Waals surface area contributed by atoms with E-state index in [2.05, 4.69) is 60.2 Å². The van der Waals surface area contributed by atoms with Gasteiger partial charge in [-0.2, -0.15) is 0 Å². The van der Waals surface area contributed by atoms with Gasteiger partial charge in [0, 0.05) is 51.0 Å². The zero-order chi connectivity index (χ0) is 15.9. The van der Waals surface area contributed by atoms with Gasteiger partial charge in [-0.15, -0.1) is 0 Å². The molecule has 1 fully saturated rings. The summed E-state index contributed by atoms with van der Waals surface area (Å²) in [7, 11) is 0. The Morgan fingerprint density at radius 2 is 1.73 bits per heavy atom. The minimum atomic E-state index is 0.231. The summed E-state index contributed by atoms with van der Waals surface area (Å²) in [6, 6.07) is 9.20. The molecule has 4 heteroatoms. The number of benzene rings is 1. The minimum absolute atomic E-state index is 0.231. The maximum atomic E-state index is 6.05. The summed E-state index contributed by atoms with van der Waals surface area (Å²) in [6.45, 7) is 14.1. The standard InChI is InChI=1S/C18H32N4/c1-4-21-9-11-22(12-10-21)17-7-5-16(6-8-17)13-20-14-18(19)15(2)3/h5-8,15,18,20H,4,9-14,19H2,1-3H3. The summed E-state index contributed by atoms with van der Waals surface area (Å²) in [5, 5.41) is 3.45. The molecule has 1 unspecified atom stereocenters. The molecule has 22 heavy (non-hydrogen) atoms. The highest BCUT2D eigenvalue weighted by atomic mass is 15.3. The summed E-state index contributed by atoms with van der Waals surface area (Å²) in [4.78, 5) is 4.99. The second kappa shape index (κ2) is 8.51. The molecule has 124 valence electrons. The monoisotopic (exact) mass is 304 g/mol. The van der Waals surface area contributed by atoms with Gasteiger partial charge in [-0.1, -0.05) is 32.9 Å². The van der Waals surface area contributed by atoms with Crippen molar-refractivity contribution in [3.8, 4) is 0 Å². The number of hydrogen-bond donors (Lipinski definition) is 2. The lowest BCUT2D eigenvalue weighted by atomic mass is 10.1. The van der Waals surface area contributed by atoms with Crippen molar-refractivity contribution in [2.45, 2.75) is 33.4 Å². The van der Waals surface area contributed by atoms with E-state index in [9.17, 15) is 0 Å². The zero-order valence-electron chi connectivity index (χ0n) is 14.4. The number of piperazine rings is 1. The molecule has 1 aliphatic rings. The van der Waals surface area contributed by atoms with Crippen molar-refractivity contribution < 1.29 is 0 Å². The van der Waals surface area contributed by atoms with Crippen LogP contribution in [0.15, 0.2) is 24.3 Å². The molecule has 0 aliphatic carbocycles. The summed E-state index contributed by atoms with van der Waals surface area (Å²) in [5.41, 5.74) is 8.72. The number of anilines is 1. The molecular weight excluding hydrogens is 272 g/mol. The van der Waals surface area contributed by atoms with Gasteiger partial charge in [0.15, 0.2) is 0 Å². The van der Waals surface area contributed by atoms with Crippen LogP contribution in [0.5, 0.6) is 0 Å². The lowest BCUT2D eigenvalue weighted by Crippen LogP contribution is -2.46. The van der Waals surface area contributed by atoms with Crippen LogP contribution in [0.3, 0.4) is 0 Å². The normalized spacial score (nSPS) is 18.0. The summed E-state index contributed by atoms with van der Waals surface area (Å²) in [5.74, 6) is 0.525. The molecule has 1 heterocycles. The van der Waals surface area contributed by atoms with Crippen LogP contribution in [0.4, 0.5) is 5.69 Å². The van der Waals surface area contributed by atoms with Gasteiger partial charge in [0.05, 0.1) is 0 Å². The number of hydrogen-bond acceptors (Lipinski definition) is 4. The number of nitrogens with zero attached hydrogens (tertiary/aromatic N) is 2. The maximum absolute atomic E-state index is 6.05. The van der Waals surface area contributed by atoms with E-state index in [1.54, 1.807) is 0 Å². The van der Waals surface area contributed by atoms with Gasteiger partial charge >= 0.3 is 0 Å². The first-order chi connectivity index (χ1) is 10.6. The van der Waals surface area contributed by atoms with Gasteiger partial charge in [-0.25, -0.2) is 0 Å². The highest BCUT2D eigenvalue weighted by molar-refractivity contribution is 5.48. The molecule has 0 radical (unpaired) electrons. The van der Waals surface area contributed by atoms with Crippen molar-refractivity contribution in [2.75, 3.05) is 44.2 Å². The fourth-order valence-electron chi connectivity index (χ4n) is 2.77. The van der Waals surface area contributed by atoms with E-state index in [-0.39, 0.29) is 6.04 Å². The predicted octanol–water partition coefficient (Wildman–Crippen LogP) is 1.90. The Kier molecular flexibility index (Phi) is 6.68. The maximum Gasteiger partial charge on any atom is 0.0367 e. The SMILES string of the molecule is CCN1CCN(c2ccc(CNCC(N)C(C)C)cc2)CC1. The third-order valence-electron chi connectivity index (χ3n) is 4.69. The molecule has 1 aliphatic heterocycles. The van der Waals surface area contributed by atoms with Crippen molar-refractivity contribution in [3.05, 3.63) is 29.8 Å². The van der Waals surface area contributed by atoms with Crippen molar-refractivity contribution in [3.63, 3.8) is 0 Å². The molecule has 1 saturated heterocycles. The highest BCUT2D eigenvalue weighted by Gasteiger charge is 2.15. The molecule has 0 aromatic heterocycles. The van der Waals surface area contributed by atoms with E-state index in [0.29, 0.717) is 5.92 Å². The third kappa shape index (κ3) is 4.97. The molecule has 1 aromatic rings. The van der Waals surface area contributed by atoms with Crippen LogP contribution in [0.2, 0.25) is 0 Å². The Bertz CT molecular complexity index is 421. The summed E-state index contributed by atoms with van der Waals surface area (Å²) < 4.78 is 0. The highest BCUT2D eigenvalue weighted by Crippen LogP contribution is 2.17. The van der Waals surface area contributed by atoms with E-state index >= 15 is 0 Å². The first kappa shape index (κ1) is 17.3. The van der Waals surface area contributed by atoms with Crippen LogP contribution in [0.25, 0.3) is 0 Å². The van der Waals surface area contributed by atoms with Crippen LogP contribution < -0.4 is 16.0 Å². The summed E-state index contributed by atoms with van der Waals surface area (Å²) in [6.07, 6.45) is 0. The lowest BCUT2D eigenvalue weighted by molar-refractivity contribution is 0.271. The van der Waals surface area contributed by atoms with Gasteiger partial charge < -0.3 is 20.9 Å². The Balaban J connectivity index is 1.78. The second-order valence-electron chi connectivity index (χ2n) is 6.63. The molecule has 0 spiro atoms. The predicted molar refractivity (Wildman–Crippen MR) is 95.3 cm³/mol. The summed E-state index contributed by atoms with van der Waals surface area (Å²) >= 11 is 0. The van der Waals surface area contributed by atoms with Gasteiger partial charge in [0.2, 0.25) is 0 Å². The third-order valence-corrected chi connectivity index (χ3v) is 4.69. The molecule has 3 N–H and O–H groups in total. The van der Waals surface area contributed by atoms with Crippen LogP contribution in [-0.2, 0) is 6.54 Å². The second-order valence-corrected chi connectivity index (χ2v) is 6.63. The topological polar surface area (TPSA) is 44.5 Å². The van der Waals surface area contributed by atoms with Crippen molar-refractivity contribution >= 4 is 5.69 Å². The van der Waals surface area contributed by atoms with Gasteiger partial charge in [-0.3, -0.25) is 0 Å². The van der Waals surface area contributed by atoms with E-state index in [1.807, 2.05) is 0 Å². The Morgan fingerprint density at radius 3 is 2.27 bits per heavy atom. The van der Waals surface area contributed by atoms with Gasteiger partial charge in [0.1, 0.15) is 0 Å². The Labute approximate surface area is 135 Å². The number of likely N-dealkylation sites (N-methyl/N-ethyl adjacent to an activating group) is 1. The molecule has 4 nitrogen and oxygen atoms in total. The van der Waals surface area contributed by atoms with Crippen molar-refractivity contribution in [1.82, 2.24) is 10.2 Å². The average molecular weight is 304 g/mol. The quantitative estimate of drug-likeness (QED) is 0.807. The van der Waals surface area contributed by atoms with Crippen LogP contribution in [0.1, 0.15) is 26.3 Å². The molecule has 0 bridgehead atoms. The largest absolute Gasteiger partial charge is 0.369 e. The van der Waals surface area contributed by atoms with E-state index in [1.165, 1.54) is 24.3 Å². The molecule has 0 amide bonds. The van der Waals surface area contributed by atoms with Crippen LogP contribution in [0, 0.1) is 5.92 Å². The van der Waals surface area contributed by atoms with Crippen LogP contribution >= 0.6 is 0 Å². The fraction of sp³-hybridized carbons (Fsp3) is 0.667. The molecule has 2 rings (SSSR count). The van der Waals surface area contributed by atoms with Gasteiger partial charge in [0.25, 0.3) is 0 Å². The smallest absolute Gasteiger partial charge is 0.0367 e. The Morgan fingerprint density at radius 1 is 1.09 bits per heavy atom. The molecule has 0 saturated carbocycles. The van der Waals surface area contributed by atoms with Gasteiger partial charge in [-0.05, 0) is 30.2 Å². The van der Waals surface area contributed by atoms with E-state index in [0.717, 1.165) is 32.7 Å². The van der Waals surface area contributed by atoms with E-state index < -0.39 is 0 Å². The minimum Gasteiger partial charge on any atom is -0.369 e. The lowest BCUT2D eigenvalue weighted by Gasteiger charge is -2.35. The number of nitrogens with two attached hydrogens (primary N) is 1. The van der Waals surface area contributed by atoms with Crippen LogP contribution in [-0.4, -0.2) is 50.2 Å².